The van der Waals surface area contributed by atoms with Crippen LogP contribution in [0.4, 0.5) is 0 Å². The Balaban J connectivity index is 2.56. The summed E-state index contributed by atoms with van der Waals surface area (Å²) in [6, 6.07) is 5.44. The first kappa shape index (κ1) is 10.8. The van der Waals surface area contributed by atoms with Gasteiger partial charge >= 0.3 is 0 Å². The van der Waals surface area contributed by atoms with Crippen molar-refractivity contribution >= 4 is 23.2 Å². The topological polar surface area (TPSA) is 9.23 Å². The molecule has 1 rings (SSSR count). The highest BCUT2D eigenvalue weighted by Gasteiger charge is 1.97. The van der Waals surface area contributed by atoms with Gasteiger partial charge in [-0.05, 0) is 30.2 Å². The molecule has 0 aliphatic heterocycles. The molecule has 0 saturated carbocycles. The fourth-order valence-electron chi connectivity index (χ4n) is 1.03. The maximum Gasteiger partial charge on any atom is 0.0717 e. The second-order valence-corrected chi connectivity index (χ2v) is 3.70. The molecular weight excluding hydrogens is 207 g/mol. The molecule has 0 fully saturated rings. The van der Waals surface area contributed by atoms with E-state index in [0.717, 1.165) is 18.6 Å². The lowest BCUT2D eigenvalue weighted by atomic mass is 10.2. The third kappa shape index (κ3) is 3.99. The van der Waals surface area contributed by atoms with Crippen molar-refractivity contribution in [3.05, 3.63) is 33.8 Å². The van der Waals surface area contributed by atoms with E-state index in [2.05, 4.69) is 6.92 Å². The monoisotopic (exact) mass is 218 g/mol. The van der Waals surface area contributed by atoms with Gasteiger partial charge in [0, 0.05) is 16.7 Å². The largest absolute Gasteiger partial charge is 0.377 e. The number of benzene rings is 1. The fourth-order valence-corrected chi connectivity index (χ4v) is 1.60. The van der Waals surface area contributed by atoms with Gasteiger partial charge in [-0.1, -0.05) is 30.1 Å². The molecule has 1 nitrogen and oxygen atoms in total. The summed E-state index contributed by atoms with van der Waals surface area (Å²) in [6.07, 6.45) is 1.02. The second kappa shape index (κ2) is 5.48. The molecule has 0 unspecified atom stereocenters. The normalized spacial score (nSPS) is 10.4. The summed E-state index contributed by atoms with van der Waals surface area (Å²) >= 11 is 11.6. The summed E-state index contributed by atoms with van der Waals surface area (Å²) in [5.41, 5.74) is 1.02. The average molecular weight is 219 g/mol. The van der Waals surface area contributed by atoms with Crippen LogP contribution in [-0.4, -0.2) is 6.61 Å². The first-order chi connectivity index (χ1) is 6.22. The minimum atomic E-state index is 0.577. The summed E-state index contributed by atoms with van der Waals surface area (Å²) in [6.45, 7) is 3.42. The van der Waals surface area contributed by atoms with Gasteiger partial charge in [-0.2, -0.15) is 0 Å². The zero-order valence-electron chi connectivity index (χ0n) is 7.52. The molecule has 0 N–H and O–H groups in total. The molecule has 0 heterocycles. The van der Waals surface area contributed by atoms with E-state index in [0.29, 0.717) is 16.7 Å². The number of hydrogen-bond donors (Lipinski definition) is 0. The predicted octanol–water partition coefficient (Wildman–Crippen LogP) is 3.92. The fraction of sp³-hybridized carbons (Fsp3) is 0.400. The molecular formula is C10H12Cl2O. The average Bonchev–Trinajstić information content (AvgIpc) is 2.03. The van der Waals surface area contributed by atoms with Gasteiger partial charge in [0.25, 0.3) is 0 Å². The Hall–Kier alpha value is -0.240. The van der Waals surface area contributed by atoms with Gasteiger partial charge in [-0.15, -0.1) is 0 Å². The summed E-state index contributed by atoms with van der Waals surface area (Å²) in [7, 11) is 0. The van der Waals surface area contributed by atoms with Crippen LogP contribution in [0.15, 0.2) is 18.2 Å². The van der Waals surface area contributed by atoms with Crippen LogP contribution in [-0.2, 0) is 11.3 Å². The number of ether oxygens (including phenoxy) is 1. The molecule has 0 bridgehead atoms. The summed E-state index contributed by atoms with van der Waals surface area (Å²) in [5, 5.41) is 1.31. The summed E-state index contributed by atoms with van der Waals surface area (Å²) < 4.78 is 5.36. The summed E-state index contributed by atoms with van der Waals surface area (Å²) in [4.78, 5) is 0. The highest BCUT2D eigenvalue weighted by Crippen LogP contribution is 2.19. The molecule has 1 aromatic carbocycles. The lowest BCUT2D eigenvalue weighted by molar-refractivity contribution is 0.121. The molecule has 0 saturated heterocycles. The van der Waals surface area contributed by atoms with Crippen molar-refractivity contribution in [2.45, 2.75) is 20.0 Å². The lowest BCUT2D eigenvalue weighted by Crippen LogP contribution is -1.93. The van der Waals surface area contributed by atoms with E-state index in [9.17, 15) is 0 Å². The van der Waals surface area contributed by atoms with E-state index in [4.69, 9.17) is 27.9 Å². The highest BCUT2D eigenvalue weighted by atomic mass is 35.5. The first-order valence-corrected chi connectivity index (χ1v) is 5.00. The molecule has 72 valence electrons. The van der Waals surface area contributed by atoms with Crippen molar-refractivity contribution in [2.75, 3.05) is 6.61 Å². The van der Waals surface area contributed by atoms with E-state index in [1.165, 1.54) is 0 Å². The van der Waals surface area contributed by atoms with Crippen LogP contribution >= 0.6 is 23.2 Å². The van der Waals surface area contributed by atoms with Crippen molar-refractivity contribution in [3.63, 3.8) is 0 Å². The van der Waals surface area contributed by atoms with Crippen LogP contribution in [0.1, 0.15) is 18.9 Å². The van der Waals surface area contributed by atoms with Gasteiger partial charge in [-0.3, -0.25) is 0 Å². The molecule has 0 aliphatic carbocycles. The Morgan fingerprint density at radius 2 is 1.77 bits per heavy atom. The number of halogens is 2. The minimum absolute atomic E-state index is 0.577. The maximum absolute atomic E-state index is 5.82. The van der Waals surface area contributed by atoms with Crippen molar-refractivity contribution in [3.8, 4) is 0 Å². The maximum atomic E-state index is 5.82. The van der Waals surface area contributed by atoms with Gasteiger partial charge in [0.05, 0.1) is 6.61 Å². The van der Waals surface area contributed by atoms with E-state index in [-0.39, 0.29) is 0 Å². The molecule has 0 atom stereocenters. The Kier molecular flexibility index (Phi) is 4.57. The molecule has 0 spiro atoms. The van der Waals surface area contributed by atoms with Crippen LogP contribution in [0.2, 0.25) is 10.0 Å². The lowest BCUT2D eigenvalue weighted by Gasteiger charge is -2.03. The Morgan fingerprint density at radius 1 is 1.15 bits per heavy atom. The smallest absolute Gasteiger partial charge is 0.0717 e. The SMILES string of the molecule is CCCOCc1cc(Cl)cc(Cl)c1. The van der Waals surface area contributed by atoms with Crippen LogP contribution in [0.25, 0.3) is 0 Å². The highest BCUT2D eigenvalue weighted by molar-refractivity contribution is 6.34. The van der Waals surface area contributed by atoms with Crippen LogP contribution < -0.4 is 0 Å². The van der Waals surface area contributed by atoms with Gasteiger partial charge in [-0.25, -0.2) is 0 Å². The predicted molar refractivity (Wildman–Crippen MR) is 56.4 cm³/mol. The Morgan fingerprint density at radius 3 is 2.31 bits per heavy atom. The van der Waals surface area contributed by atoms with Gasteiger partial charge < -0.3 is 4.74 Å². The standard InChI is InChI=1S/C10H12Cl2O/c1-2-3-13-7-8-4-9(11)6-10(12)5-8/h4-6H,2-3,7H2,1H3. The number of rotatable bonds is 4. The molecule has 3 heteroatoms. The number of hydrogen-bond acceptors (Lipinski definition) is 1. The van der Waals surface area contributed by atoms with Crippen molar-refractivity contribution in [2.24, 2.45) is 0 Å². The molecule has 0 aliphatic rings. The van der Waals surface area contributed by atoms with E-state index in [1.54, 1.807) is 6.07 Å². The van der Waals surface area contributed by atoms with Gasteiger partial charge in [0.1, 0.15) is 0 Å². The third-order valence-corrected chi connectivity index (χ3v) is 1.98. The quantitative estimate of drug-likeness (QED) is 0.697. The van der Waals surface area contributed by atoms with Gasteiger partial charge in [0.2, 0.25) is 0 Å². The Bertz CT molecular complexity index is 253. The molecule has 0 aromatic heterocycles. The van der Waals surface area contributed by atoms with Crippen molar-refractivity contribution in [1.82, 2.24) is 0 Å². The summed E-state index contributed by atoms with van der Waals surface area (Å²) in [5.74, 6) is 0. The van der Waals surface area contributed by atoms with Crippen molar-refractivity contribution < 1.29 is 4.74 Å². The van der Waals surface area contributed by atoms with Crippen LogP contribution in [0.3, 0.4) is 0 Å². The Labute approximate surface area is 88.6 Å². The molecule has 0 amide bonds. The molecule has 1 aromatic rings. The van der Waals surface area contributed by atoms with Crippen LogP contribution in [0.5, 0.6) is 0 Å². The molecule has 13 heavy (non-hydrogen) atoms. The minimum Gasteiger partial charge on any atom is -0.377 e. The zero-order valence-corrected chi connectivity index (χ0v) is 9.03. The van der Waals surface area contributed by atoms with E-state index in [1.807, 2.05) is 12.1 Å². The molecule has 0 radical (unpaired) electrons. The third-order valence-electron chi connectivity index (χ3n) is 1.54. The first-order valence-electron chi connectivity index (χ1n) is 4.25. The zero-order chi connectivity index (χ0) is 9.68. The van der Waals surface area contributed by atoms with Crippen LogP contribution in [0, 0.1) is 0 Å². The van der Waals surface area contributed by atoms with E-state index < -0.39 is 0 Å². The van der Waals surface area contributed by atoms with E-state index >= 15 is 0 Å². The second-order valence-electron chi connectivity index (χ2n) is 2.83. The van der Waals surface area contributed by atoms with Gasteiger partial charge in [0.15, 0.2) is 0 Å². The van der Waals surface area contributed by atoms with Crippen molar-refractivity contribution in [1.29, 1.82) is 0 Å².